The third-order valence-corrected chi connectivity index (χ3v) is 3.79. The lowest BCUT2D eigenvalue weighted by Gasteiger charge is -2.23. The van der Waals surface area contributed by atoms with E-state index in [-0.39, 0.29) is 5.56 Å². The van der Waals surface area contributed by atoms with Crippen LogP contribution in [0.2, 0.25) is 0 Å². The minimum Gasteiger partial charge on any atom is -0.497 e. The Morgan fingerprint density at radius 2 is 1.92 bits per heavy atom. The number of methoxy groups -OCH3 is 1. The molecule has 2 heterocycles. The van der Waals surface area contributed by atoms with Crippen LogP contribution in [0.15, 0.2) is 39.0 Å². The van der Waals surface area contributed by atoms with Gasteiger partial charge in [0, 0.05) is 0 Å². The predicted octanol–water partition coefficient (Wildman–Crippen LogP) is -0.0939. The van der Waals surface area contributed by atoms with E-state index in [9.17, 15) is 14.7 Å². The van der Waals surface area contributed by atoms with Gasteiger partial charge in [0.25, 0.3) is 5.56 Å². The summed E-state index contributed by atoms with van der Waals surface area (Å²) in [7, 11) is 1.53. The van der Waals surface area contributed by atoms with E-state index in [1.807, 2.05) is 0 Å². The van der Waals surface area contributed by atoms with Gasteiger partial charge in [0.2, 0.25) is 5.88 Å². The molecule has 0 unspecified atom stereocenters. The van der Waals surface area contributed by atoms with Crippen molar-refractivity contribution in [2.45, 2.75) is 0 Å². The van der Waals surface area contributed by atoms with Crippen molar-refractivity contribution in [3.63, 3.8) is 0 Å². The predicted molar refractivity (Wildman–Crippen MR) is 90.9 cm³/mol. The lowest BCUT2D eigenvalue weighted by Crippen LogP contribution is -2.34. The Morgan fingerprint density at radius 1 is 1.24 bits per heavy atom. The van der Waals surface area contributed by atoms with Crippen LogP contribution in [0.4, 0.5) is 0 Å². The highest BCUT2D eigenvalue weighted by Crippen LogP contribution is 2.18. The second kappa shape index (κ2) is 7.22. The van der Waals surface area contributed by atoms with Gasteiger partial charge in [-0.05, 0) is 24.3 Å². The standard InChI is InChI=1S/C16H18N4O5/c1-24-12-4-2-11(3-5-12)20-15(22)13(14(21)18-16(20)23)10-17-19-6-8-25-9-7-19/h2-5,10,22H,6-9H2,1H3,(H,18,21,23). The number of morpholine rings is 1. The summed E-state index contributed by atoms with van der Waals surface area (Å²) in [5, 5.41) is 16.3. The number of hydrazone groups is 1. The highest BCUT2D eigenvalue weighted by Gasteiger charge is 2.15. The van der Waals surface area contributed by atoms with Gasteiger partial charge in [0.15, 0.2) is 0 Å². The number of ether oxygens (including phenoxy) is 2. The van der Waals surface area contributed by atoms with Gasteiger partial charge in [-0.1, -0.05) is 0 Å². The van der Waals surface area contributed by atoms with Gasteiger partial charge in [-0.2, -0.15) is 5.10 Å². The van der Waals surface area contributed by atoms with Gasteiger partial charge in [0.05, 0.1) is 45.3 Å². The van der Waals surface area contributed by atoms with E-state index < -0.39 is 17.1 Å². The normalized spacial score (nSPS) is 14.8. The summed E-state index contributed by atoms with van der Waals surface area (Å²) in [6.45, 7) is 2.27. The van der Waals surface area contributed by atoms with E-state index in [0.717, 1.165) is 4.57 Å². The SMILES string of the molecule is COc1ccc(-n2c(O)c(C=NN3CCOCC3)c(=O)[nH]c2=O)cc1. The molecule has 9 heteroatoms. The summed E-state index contributed by atoms with van der Waals surface area (Å²) in [5.74, 6) is 0.130. The molecule has 9 nitrogen and oxygen atoms in total. The zero-order valence-electron chi connectivity index (χ0n) is 13.6. The quantitative estimate of drug-likeness (QED) is 0.749. The molecule has 1 aromatic heterocycles. The molecule has 1 aliphatic rings. The van der Waals surface area contributed by atoms with Crippen molar-refractivity contribution < 1.29 is 14.6 Å². The molecule has 1 fully saturated rings. The number of hydrogen-bond acceptors (Lipinski definition) is 7. The highest BCUT2D eigenvalue weighted by atomic mass is 16.5. The summed E-state index contributed by atoms with van der Waals surface area (Å²) in [5.41, 5.74) is -1.15. The van der Waals surface area contributed by atoms with E-state index in [2.05, 4.69) is 10.1 Å². The molecule has 0 aliphatic carbocycles. The van der Waals surface area contributed by atoms with Gasteiger partial charge in [-0.3, -0.25) is 14.8 Å². The summed E-state index contributed by atoms with van der Waals surface area (Å²) in [6.07, 6.45) is 1.25. The Hall–Kier alpha value is -3.07. The Bertz CT molecular complexity index is 879. The smallest absolute Gasteiger partial charge is 0.335 e. The van der Waals surface area contributed by atoms with Gasteiger partial charge in [-0.25, -0.2) is 9.36 Å². The van der Waals surface area contributed by atoms with Crippen LogP contribution >= 0.6 is 0 Å². The number of H-pyrrole nitrogens is 1. The molecule has 0 spiro atoms. The zero-order valence-corrected chi connectivity index (χ0v) is 13.6. The fourth-order valence-corrected chi connectivity index (χ4v) is 2.43. The Balaban J connectivity index is 2.00. The van der Waals surface area contributed by atoms with E-state index in [0.29, 0.717) is 37.7 Å². The van der Waals surface area contributed by atoms with E-state index in [4.69, 9.17) is 9.47 Å². The summed E-state index contributed by atoms with van der Waals surface area (Å²) < 4.78 is 11.3. The molecule has 1 aromatic carbocycles. The number of rotatable bonds is 4. The average molecular weight is 346 g/mol. The van der Waals surface area contributed by atoms with E-state index >= 15 is 0 Å². The largest absolute Gasteiger partial charge is 0.497 e. The molecular formula is C16H18N4O5. The Morgan fingerprint density at radius 3 is 2.56 bits per heavy atom. The molecule has 2 N–H and O–H groups in total. The van der Waals surface area contributed by atoms with Gasteiger partial charge < -0.3 is 14.6 Å². The number of nitrogens with zero attached hydrogens (tertiary/aromatic N) is 3. The van der Waals surface area contributed by atoms with E-state index in [1.54, 1.807) is 29.3 Å². The van der Waals surface area contributed by atoms with Crippen molar-refractivity contribution in [2.24, 2.45) is 5.10 Å². The van der Waals surface area contributed by atoms with Gasteiger partial charge in [-0.15, -0.1) is 0 Å². The van der Waals surface area contributed by atoms with Crippen molar-refractivity contribution in [1.82, 2.24) is 14.6 Å². The van der Waals surface area contributed by atoms with Crippen LogP contribution < -0.4 is 16.0 Å². The summed E-state index contributed by atoms with van der Waals surface area (Å²) in [4.78, 5) is 26.3. The van der Waals surface area contributed by atoms with Crippen LogP contribution in [0.25, 0.3) is 5.69 Å². The number of hydrogen-bond donors (Lipinski definition) is 2. The molecule has 1 saturated heterocycles. The first kappa shape index (κ1) is 16.8. The van der Waals surface area contributed by atoms with Crippen LogP contribution in [0.3, 0.4) is 0 Å². The number of aromatic nitrogens is 2. The molecular weight excluding hydrogens is 328 g/mol. The average Bonchev–Trinajstić information content (AvgIpc) is 2.62. The van der Waals surface area contributed by atoms with Crippen LogP contribution in [-0.2, 0) is 4.74 Å². The fourth-order valence-electron chi connectivity index (χ4n) is 2.43. The fraction of sp³-hybridized carbons (Fsp3) is 0.312. The second-order valence-corrected chi connectivity index (χ2v) is 5.34. The zero-order chi connectivity index (χ0) is 17.8. The van der Waals surface area contributed by atoms with Crippen LogP contribution in [-0.4, -0.2) is 59.3 Å². The first-order valence-corrected chi connectivity index (χ1v) is 7.69. The number of nitrogens with one attached hydrogen (secondary N) is 1. The highest BCUT2D eigenvalue weighted by molar-refractivity contribution is 5.82. The van der Waals surface area contributed by atoms with Crippen molar-refractivity contribution in [3.8, 4) is 17.3 Å². The Kier molecular flexibility index (Phi) is 4.85. The molecule has 0 atom stereocenters. The number of benzene rings is 1. The monoisotopic (exact) mass is 346 g/mol. The minimum atomic E-state index is -0.740. The molecule has 3 rings (SSSR count). The van der Waals surface area contributed by atoms with Gasteiger partial charge in [0.1, 0.15) is 11.3 Å². The van der Waals surface area contributed by atoms with E-state index in [1.165, 1.54) is 13.3 Å². The Labute approximate surface area is 142 Å². The molecule has 132 valence electrons. The van der Waals surface area contributed by atoms with Crippen molar-refractivity contribution in [1.29, 1.82) is 0 Å². The second-order valence-electron chi connectivity index (χ2n) is 5.34. The van der Waals surface area contributed by atoms with Crippen molar-refractivity contribution in [3.05, 3.63) is 50.7 Å². The topological polar surface area (TPSA) is 109 Å². The first-order chi connectivity index (χ1) is 12.1. The molecule has 25 heavy (non-hydrogen) atoms. The molecule has 0 bridgehead atoms. The lowest BCUT2D eigenvalue weighted by molar-refractivity contribution is 0.0396. The van der Waals surface area contributed by atoms with Crippen LogP contribution in [0.1, 0.15) is 5.56 Å². The lowest BCUT2D eigenvalue weighted by atomic mass is 10.2. The third kappa shape index (κ3) is 3.56. The number of aromatic hydroxyl groups is 1. The van der Waals surface area contributed by atoms with Crippen molar-refractivity contribution in [2.75, 3.05) is 33.4 Å². The van der Waals surface area contributed by atoms with Crippen molar-refractivity contribution >= 4 is 6.21 Å². The maximum Gasteiger partial charge on any atom is 0.335 e. The maximum absolute atomic E-state index is 12.1. The summed E-state index contributed by atoms with van der Waals surface area (Å²) in [6, 6.07) is 6.49. The third-order valence-electron chi connectivity index (χ3n) is 3.79. The van der Waals surface area contributed by atoms with Crippen LogP contribution in [0.5, 0.6) is 11.6 Å². The summed E-state index contributed by atoms with van der Waals surface area (Å²) >= 11 is 0. The number of aromatic amines is 1. The molecule has 2 aromatic rings. The van der Waals surface area contributed by atoms with Crippen LogP contribution in [0, 0.1) is 0 Å². The minimum absolute atomic E-state index is 0.0955. The molecule has 1 aliphatic heterocycles. The first-order valence-electron chi connectivity index (χ1n) is 7.69. The molecule has 0 amide bonds. The molecule has 0 saturated carbocycles. The van der Waals surface area contributed by atoms with Gasteiger partial charge >= 0.3 is 5.69 Å². The molecule has 0 radical (unpaired) electrons. The maximum atomic E-state index is 12.1.